The average molecular weight is 283 g/mol. The van der Waals surface area contributed by atoms with E-state index in [0.29, 0.717) is 21.9 Å². The quantitative estimate of drug-likeness (QED) is 0.898. The number of sulfonamides is 1. The molecule has 1 aromatic carbocycles. The van der Waals surface area contributed by atoms with E-state index in [2.05, 4.69) is 0 Å². The molecule has 19 heavy (non-hydrogen) atoms. The predicted octanol–water partition coefficient (Wildman–Crippen LogP) is 1.91. The van der Waals surface area contributed by atoms with Crippen molar-refractivity contribution in [2.75, 3.05) is 7.05 Å². The summed E-state index contributed by atoms with van der Waals surface area (Å²) in [6, 6.07) is 5.07. The summed E-state index contributed by atoms with van der Waals surface area (Å²) >= 11 is 0. The third-order valence-corrected chi connectivity index (χ3v) is 6.19. The Balaban J connectivity index is 2.38. The molecule has 1 saturated carbocycles. The van der Waals surface area contributed by atoms with Gasteiger partial charge in [0.15, 0.2) is 0 Å². The highest BCUT2D eigenvalue weighted by Crippen LogP contribution is 2.36. The van der Waals surface area contributed by atoms with Crippen LogP contribution in [0.1, 0.15) is 30.9 Å². The van der Waals surface area contributed by atoms with Crippen molar-refractivity contribution in [2.45, 2.75) is 44.2 Å². The van der Waals surface area contributed by atoms with Crippen LogP contribution in [0.3, 0.4) is 0 Å². The molecule has 4 nitrogen and oxygen atoms in total. The third kappa shape index (κ3) is 2.68. The van der Waals surface area contributed by atoms with E-state index in [1.54, 1.807) is 32.2 Å². The SMILES string of the molecule is Cc1c(CO)cccc1S(=O)(=O)N(C)C(C)C1CC1. The van der Waals surface area contributed by atoms with Crippen molar-refractivity contribution in [3.05, 3.63) is 29.3 Å². The van der Waals surface area contributed by atoms with Gasteiger partial charge in [0.1, 0.15) is 0 Å². The van der Waals surface area contributed by atoms with E-state index in [1.807, 2.05) is 6.92 Å². The van der Waals surface area contributed by atoms with E-state index in [0.717, 1.165) is 12.8 Å². The molecular formula is C14H21NO3S. The molecule has 0 heterocycles. The van der Waals surface area contributed by atoms with E-state index in [4.69, 9.17) is 0 Å². The van der Waals surface area contributed by atoms with Gasteiger partial charge in [-0.3, -0.25) is 0 Å². The van der Waals surface area contributed by atoms with Gasteiger partial charge in [0.25, 0.3) is 0 Å². The molecule has 1 aromatic rings. The molecule has 0 aliphatic heterocycles. The van der Waals surface area contributed by atoms with Crippen LogP contribution in [0.15, 0.2) is 23.1 Å². The molecule has 1 fully saturated rings. The first-order valence-electron chi connectivity index (χ1n) is 6.57. The molecule has 0 bridgehead atoms. The molecule has 106 valence electrons. The highest BCUT2D eigenvalue weighted by Gasteiger charge is 2.36. The van der Waals surface area contributed by atoms with Crippen LogP contribution in [0.25, 0.3) is 0 Å². The van der Waals surface area contributed by atoms with Crippen LogP contribution in [0.2, 0.25) is 0 Å². The summed E-state index contributed by atoms with van der Waals surface area (Å²) in [5, 5.41) is 9.25. The summed E-state index contributed by atoms with van der Waals surface area (Å²) in [5.41, 5.74) is 1.30. The number of rotatable bonds is 5. The zero-order valence-corrected chi connectivity index (χ0v) is 12.4. The van der Waals surface area contributed by atoms with Gasteiger partial charge in [-0.1, -0.05) is 12.1 Å². The van der Waals surface area contributed by atoms with Crippen molar-refractivity contribution in [2.24, 2.45) is 5.92 Å². The Bertz CT molecular complexity index is 564. The molecule has 1 atom stereocenters. The van der Waals surface area contributed by atoms with Crippen LogP contribution < -0.4 is 0 Å². The van der Waals surface area contributed by atoms with Crippen molar-refractivity contribution in [1.82, 2.24) is 4.31 Å². The van der Waals surface area contributed by atoms with Crippen molar-refractivity contribution in [3.63, 3.8) is 0 Å². The number of hydrogen-bond acceptors (Lipinski definition) is 3. The molecular weight excluding hydrogens is 262 g/mol. The van der Waals surface area contributed by atoms with Crippen molar-refractivity contribution in [1.29, 1.82) is 0 Å². The molecule has 2 rings (SSSR count). The minimum atomic E-state index is -3.48. The highest BCUT2D eigenvalue weighted by molar-refractivity contribution is 7.89. The van der Waals surface area contributed by atoms with Crippen molar-refractivity contribution < 1.29 is 13.5 Å². The summed E-state index contributed by atoms with van der Waals surface area (Å²) in [5.74, 6) is 0.487. The van der Waals surface area contributed by atoms with Crippen molar-refractivity contribution >= 4 is 10.0 Å². The first kappa shape index (κ1) is 14.5. The van der Waals surface area contributed by atoms with Crippen LogP contribution in [0, 0.1) is 12.8 Å². The summed E-state index contributed by atoms with van der Waals surface area (Å²) in [6.07, 6.45) is 2.22. The minimum absolute atomic E-state index is 0.0298. The van der Waals surface area contributed by atoms with Gasteiger partial charge < -0.3 is 5.11 Å². The average Bonchev–Trinajstić information content (AvgIpc) is 3.21. The highest BCUT2D eigenvalue weighted by atomic mass is 32.2. The standard InChI is InChI=1S/C14H21NO3S/c1-10-13(9-16)5-4-6-14(10)19(17,18)15(3)11(2)12-7-8-12/h4-6,11-12,16H,7-9H2,1-3H3. The summed E-state index contributed by atoms with van der Waals surface area (Å²) in [4.78, 5) is 0.300. The Hall–Kier alpha value is -0.910. The Morgan fingerprint density at radius 1 is 1.42 bits per heavy atom. The van der Waals surface area contributed by atoms with E-state index >= 15 is 0 Å². The van der Waals surface area contributed by atoms with Crippen LogP contribution in [-0.4, -0.2) is 30.9 Å². The lowest BCUT2D eigenvalue weighted by atomic mass is 10.1. The van der Waals surface area contributed by atoms with E-state index in [-0.39, 0.29) is 12.6 Å². The van der Waals surface area contributed by atoms with Crippen LogP contribution in [0.4, 0.5) is 0 Å². The van der Waals surface area contributed by atoms with E-state index in [1.165, 1.54) is 4.31 Å². The Morgan fingerprint density at radius 3 is 2.58 bits per heavy atom. The van der Waals surface area contributed by atoms with Gasteiger partial charge in [0, 0.05) is 13.1 Å². The first-order valence-corrected chi connectivity index (χ1v) is 8.01. The number of benzene rings is 1. The van der Waals surface area contributed by atoms with Gasteiger partial charge in [-0.2, -0.15) is 4.31 Å². The molecule has 0 aromatic heterocycles. The first-order chi connectivity index (χ1) is 8.89. The molecule has 0 radical (unpaired) electrons. The van der Waals surface area contributed by atoms with E-state index < -0.39 is 10.0 Å². The summed E-state index contributed by atoms with van der Waals surface area (Å²) < 4.78 is 26.7. The Morgan fingerprint density at radius 2 is 2.05 bits per heavy atom. The topological polar surface area (TPSA) is 57.6 Å². The molecule has 1 unspecified atom stereocenters. The maximum absolute atomic E-state index is 12.6. The molecule has 0 spiro atoms. The maximum atomic E-state index is 12.6. The van der Waals surface area contributed by atoms with Gasteiger partial charge in [-0.15, -0.1) is 0 Å². The smallest absolute Gasteiger partial charge is 0.243 e. The van der Waals surface area contributed by atoms with Crippen molar-refractivity contribution in [3.8, 4) is 0 Å². The van der Waals surface area contributed by atoms with Crippen LogP contribution in [-0.2, 0) is 16.6 Å². The van der Waals surface area contributed by atoms with Gasteiger partial charge >= 0.3 is 0 Å². The largest absolute Gasteiger partial charge is 0.392 e. The normalized spacial score (nSPS) is 17.7. The number of aliphatic hydroxyl groups excluding tert-OH is 1. The molecule has 0 saturated heterocycles. The molecule has 5 heteroatoms. The fourth-order valence-corrected chi connectivity index (χ4v) is 4.05. The zero-order valence-electron chi connectivity index (χ0n) is 11.6. The summed E-state index contributed by atoms with van der Waals surface area (Å²) in [7, 11) is -1.84. The fraction of sp³-hybridized carbons (Fsp3) is 0.571. The second-order valence-corrected chi connectivity index (χ2v) is 7.26. The lowest BCUT2D eigenvalue weighted by molar-refractivity contribution is 0.280. The molecule has 1 aliphatic rings. The molecule has 1 N–H and O–H groups in total. The second kappa shape index (κ2) is 5.23. The monoisotopic (exact) mass is 283 g/mol. The van der Waals surface area contributed by atoms with Crippen LogP contribution >= 0.6 is 0 Å². The van der Waals surface area contributed by atoms with E-state index in [9.17, 15) is 13.5 Å². The minimum Gasteiger partial charge on any atom is -0.392 e. The maximum Gasteiger partial charge on any atom is 0.243 e. The molecule has 0 amide bonds. The van der Waals surface area contributed by atoms with Gasteiger partial charge in [-0.25, -0.2) is 8.42 Å². The van der Waals surface area contributed by atoms with Gasteiger partial charge in [0.2, 0.25) is 10.0 Å². The zero-order chi connectivity index (χ0) is 14.2. The van der Waals surface area contributed by atoms with Gasteiger partial charge in [-0.05, 0) is 49.8 Å². The fourth-order valence-electron chi connectivity index (χ4n) is 2.36. The van der Waals surface area contributed by atoms with Crippen LogP contribution in [0.5, 0.6) is 0 Å². The predicted molar refractivity (Wildman–Crippen MR) is 74.2 cm³/mol. The Labute approximate surface area is 115 Å². The number of nitrogens with zero attached hydrogens (tertiary/aromatic N) is 1. The third-order valence-electron chi connectivity index (χ3n) is 4.10. The summed E-state index contributed by atoms with van der Waals surface area (Å²) in [6.45, 7) is 3.56. The number of aliphatic hydroxyl groups is 1. The lowest BCUT2D eigenvalue weighted by Gasteiger charge is -2.25. The lowest BCUT2D eigenvalue weighted by Crippen LogP contribution is -2.36. The molecule has 1 aliphatic carbocycles. The van der Waals surface area contributed by atoms with Gasteiger partial charge in [0.05, 0.1) is 11.5 Å². The second-order valence-electron chi connectivity index (χ2n) is 5.30. The number of hydrogen-bond donors (Lipinski definition) is 1. The Kier molecular flexibility index (Phi) is 3.99.